The molecule has 7 nitrogen and oxygen atoms in total. The summed E-state index contributed by atoms with van der Waals surface area (Å²) >= 11 is 1.26. The Kier molecular flexibility index (Phi) is 4.94. The van der Waals surface area contributed by atoms with Crippen LogP contribution in [0.3, 0.4) is 0 Å². The van der Waals surface area contributed by atoms with Gasteiger partial charge in [0, 0.05) is 28.6 Å². The lowest BCUT2D eigenvalue weighted by molar-refractivity contribution is 0.264. The molecular weight excluding hydrogens is 455 g/mol. The summed E-state index contributed by atoms with van der Waals surface area (Å²) in [6.07, 6.45) is 2.99. The molecule has 0 amide bonds. The molecule has 0 bridgehead atoms. The highest BCUT2D eigenvalue weighted by atomic mass is 32.2. The van der Waals surface area contributed by atoms with Crippen molar-refractivity contribution in [2.45, 2.75) is 23.6 Å². The Bertz CT molecular complexity index is 1320. The average molecular weight is 475 g/mol. The number of aliphatic hydroxyl groups excluding tert-OH is 1. The van der Waals surface area contributed by atoms with Gasteiger partial charge in [0.25, 0.3) is 0 Å². The van der Waals surface area contributed by atoms with Crippen LogP contribution in [0, 0.1) is 23.4 Å². The molecule has 1 aliphatic heterocycles. The Morgan fingerprint density at radius 3 is 2.73 bits per heavy atom. The van der Waals surface area contributed by atoms with E-state index in [0.717, 1.165) is 12.3 Å². The fraction of sp³-hybridized carbons (Fsp3) is 0.318. The number of benzene rings is 1. The lowest BCUT2D eigenvalue weighted by Gasteiger charge is -2.34. The Morgan fingerprint density at radius 1 is 1.21 bits per heavy atom. The number of amidine groups is 1. The van der Waals surface area contributed by atoms with Gasteiger partial charge in [-0.1, -0.05) is 11.8 Å². The number of aliphatic hydroxyl groups is 1. The Morgan fingerprint density at radius 2 is 2.00 bits per heavy atom. The first-order chi connectivity index (χ1) is 15.7. The molecule has 0 radical (unpaired) electrons. The van der Waals surface area contributed by atoms with Gasteiger partial charge in [-0.05, 0) is 25.5 Å². The first-order valence-corrected chi connectivity index (χ1v) is 10.9. The highest BCUT2D eigenvalue weighted by Crippen LogP contribution is 2.65. The van der Waals surface area contributed by atoms with Crippen LogP contribution in [0.5, 0.6) is 5.75 Å². The van der Waals surface area contributed by atoms with E-state index in [1.54, 1.807) is 6.92 Å². The van der Waals surface area contributed by atoms with Crippen LogP contribution < -0.4 is 15.8 Å². The molecule has 0 saturated heterocycles. The average Bonchev–Trinajstić information content (AvgIpc) is 3.53. The maximum atomic E-state index is 15.0. The molecule has 0 spiro atoms. The quantitative estimate of drug-likeness (QED) is 0.515. The molecule has 11 heteroatoms. The second-order valence-electron chi connectivity index (χ2n) is 8.35. The molecular formula is C22H20F3N5O2S. The van der Waals surface area contributed by atoms with Crippen LogP contribution in [0.4, 0.5) is 24.7 Å². The van der Waals surface area contributed by atoms with Gasteiger partial charge >= 0.3 is 0 Å². The SMILES string of the molecule is COc1cnc2c(Nc3cc(F)c(F)c([C@@]4(C)N=C(N)S[C@@]5(CO)C[C@H]54)c3)ncc(F)c2c1. The first-order valence-electron chi connectivity index (χ1n) is 10.1. The van der Waals surface area contributed by atoms with Crippen molar-refractivity contribution < 1.29 is 23.0 Å². The van der Waals surface area contributed by atoms with Crippen molar-refractivity contribution in [2.24, 2.45) is 16.6 Å². The van der Waals surface area contributed by atoms with Gasteiger partial charge in [-0.3, -0.25) is 4.99 Å². The van der Waals surface area contributed by atoms with Gasteiger partial charge < -0.3 is 20.9 Å². The summed E-state index contributed by atoms with van der Waals surface area (Å²) in [4.78, 5) is 12.7. The molecule has 3 atom stereocenters. The first kappa shape index (κ1) is 21.8. The van der Waals surface area contributed by atoms with Crippen molar-refractivity contribution in [3.8, 4) is 5.75 Å². The summed E-state index contributed by atoms with van der Waals surface area (Å²) in [5.74, 6) is -2.41. The van der Waals surface area contributed by atoms with Crippen LogP contribution in [-0.4, -0.2) is 38.7 Å². The van der Waals surface area contributed by atoms with E-state index >= 15 is 4.39 Å². The molecule has 1 fully saturated rings. The second-order valence-corrected chi connectivity index (χ2v) is 9.79. The fourth-order valence-corrected chi connectivity index (χ4v) is 5.88. The number of thioether (sulfide) groups is 1. The van der Waals surface area contributed by atoms with E-state index < -0.39 is 27.7 Å². The van der Waals surface area contributed by atoms with E-state index in [0.29, 0.717) is 12.2 Å². The molecule has 172 valence electrons. The third-order valence-corrected chi connectivity index (χ3v) is 7.63. The number of halogens is 3. The van der Waals surface area contributed by atoms with Gasteiger partial charge in [0.2, 0.25) is 0 Å². The number of fused-ring (bicyclic) bond motifs is 2. The minimum atomic E-state index is -1.16. The minimum Gasteiger partial charge on any atom is -0.495 e. The topological polar surface area (TPSA) is 106 Å². The molecule has 5 rings (SSSR count). The summed E-state index contributed by atoms with van der Waals surface area (Å²) in [5, 5.41) is 13.1. The number of aliphatic imine (C=N–C) groups is 1. The van der Waals surface area contributed by atoms with E-state index in [1.165, 1.54) is 37.2 Å². The molecule has 1 aliphatic carbocycles. The standard InChI is InChI=1S/C22H20F3N5O2S/c1-21(16-6-22(16,9-31)33-20(26)30-21)13-3-10(4-14(23)17(13)25)29-19-18-12(15(24)8-28-19)5-11(32-2)7-27-18/h3-5,7-8,16,31H,6,9H2,1-2H3,(H2,26,30)(H,28,29)/t16-,21+,22+/m0/s1. The number of nitrogens with two attached hydrogens (primary N) is 1. The number of ether oxygens (including phenoxy) is 1. The third-order valence-electron chi connectivity index (χ3n) is 6.34. The number of nitrogens with zero attached hydrogens (tertiary/aromatic N) is 3. The molecule has 0 unspecified atom stereocenters. The molecule has 33 heavy (non-hydrogen) atoms. The Hall–Kier alpha value is -3.05. The van der Waals surface area contributed by atoms with Gasteiger partial charge in [0.1, 0.15) is 11.3 Å². The van der Waals surface area contributed by atoms with E-state index in [4.69, 9.17) is 10.5 Å². The van der Waals surface area contributed by atoms with Crippen molar-refractivity contribution in [3.63, 3.8) is 0 Å². The van der Waals surface area contributed by atoms with E-state index in [2.05, 4.69) is 20.3 Å². The van der Waals surface area contributed by atoms with E-state index in [1.807, 2.05) is 0 Å². The van der Waals surface area contributed by atoms with Crippen LogP contribution in [-0.2, 0) is 5.54 Å². The second kappa shape index (κ2) is 7.49. The lowest BCUT2D eigenvalue weighted by atomic mass is 9.85. The van der Waals surface area contributed by atoms with Crippen molar-refractivity contribution in [3.05, 3.63) is 53.6 Å². The number of anilines is 2. The summed E-state index contributed by atoms with van der Waals surface area (Å²) in [6, 6.07) is 3.90. The van der Waals surface area contributed by atoms with Crippen molar-refractivity contribution in [1.82, 2.24) is 9.97 Å². The molecule has 1 saturated carbocycles. The van der Waals surface area contributed by atoms with Crippen molar-refractivity contribution in [1.29, 1.82) is 0 Å². The van der Waals surface area contributed by atoms with Crippen molar-refractivity contribution >= 4 is 39.3 Å². The summed E-state index contributed by atoms with van der Waals surface area (Å²) < 4.78 is 48.6. The number of hydrogen-bond acceptors (Lipinski definition) is 8. The van der Waals surface area contributed by atoms with Crippen LogP contribution >= 0.6 is 11.8 Å². The van der Waals surface area contributed by atoms with Crippen LogP contribution in [0.25, 0.3) is 10.9 Å². The zero-order valence-electron chi connectivity index (χ0n) is 17.7. The Labute approximate surface area is 191 Å². The predicted molar refractivity (Wildman–Crippen MR) is 120 cm³/mol. The number of hydrogen-bond donors (Lipinski definition) is 3. The number of rotatable bonds is 5. The number of pyridine rings is 2. The van der Waals surface area contributed by atoms with Crippen molar-refractivity contribution in [2.75, 3.05) is 19.0 Å². The van der Waals surface area contributed by atoms with Crippen LogP contribution in [0.15, 0.2) is 35.6 Å². The van der Waals surface area contributed by atoms with Crippen LogP contribution in [0.1, 0.15) is 18.9 Å². The van der Waals surface area contributed by atoms with E-state index in [9.17, 15) is 13.9 Å². The predicted octanol–water partition coefficient (Wildman–Crippen LogP) is 3.83. The zero-order valence-corrected chi connectivity index (χ0v) is 18.5. The third kappa shape index (κ3) is 3.37. The van der Waals surface area contributed by atoms with E-state index in [-0.39, 0.29) is 45.7 Å². The minimum absolute atomic E-state index is 0.00891. The van der Waals surface area contributed by atoms with Crippen LogP contribution in [0.2, 0.25) is 0 Å². The summed E-state index contributed by atoms with van der Waals surface area (Å²) in [7, 11) is 1.44. The number of aromatic nitrogens is 2. The smallest absolute Gasteiger partial charge is 0.164 e. The number of methoxy groups -OCH3 is 1. The van der Waals surface area contributed by atoms with Gasteiger partial charge in [0.05, 0.1) is 36.4 Å². The maximum Gasteiger partial charge on any atom is 0.164 e. The normalized spacial score (nSPS) is 26.0. The van der Waals surface area contributed by atoms with Gasteiger partial charge in [-0.25, -0.2) is 23.1 Å². The molecule has 4 N–H and O–H groups in total. The molecule has 2 aliphatic rings. The van der Waals surface area contributed by atoms with Gasteiger partial charge in [-0.2, -0.15) is 0 Å². The molecule has 1 aromatic carbocycles. The molecule has 3 aromatic rings. The van der Waals surface area contributed by atoms with Gasteiger partial charge in [-0.15, -0.1) is 0 Å². The highest BCUT2D eigenvalue weighted by molar-refractivity contribution is 8.15. The number of nitrogens with one attached hydrogen (secondary N) is 1. The fourth-order valence-electron chi connectivity index (χ4n) is 4.54. The lowest BCUT2D eigenvalue weighted by Crippen LogP contribution is -2.37. The van der Waals surface area contributed by atoms with Gasteiger partial charge in [0.15, 0.2) is 28.4 Å². The monoisotopic (exact) mass is 475 g/mol. The zero-order chi connectivity index (χ0) is 23.5. The largest absolute Gasteiger partial charge is 0.495 e. The maximum absolute atomic E-state index is 15.0. The Balaban J connectivity index is 1.59. The molecule has 2 aromatic heterocycles. The molecule has 3 heterocycles. The summed E-state index contributed by atoms with van der Waals surface area (Å²) in [6.45, 7) is 1.54. The summed E-state index contributed by atoms with van der Waals surface area (Å²) in [5.41, 5.74) is 5.21. The highest BCUT2D eigenvalue weighted by Gasteiger charge is 2.66.